The zero-order valence-corrected chi connectivity index (χ0v) is 19.3. The summed E-state index contributed by atoms with van der Waals surface area (Å²) >= 11 is 0. The highest BCUT2D eigenvalue weighted by Crippen LogP contribution is 2.33. The molecule has 0 amide bonds. The van der Waals surface area contributed by atoms with E-state index in [1.54, 1.807) is 17.3 Å². The van der Waals surface area contributed by atoms with E-state index in [-0.39, 0.29) is 13.0 Å². The summed E-state index contributed by atoms with van der Waals surface area (Å²) in [6.45, 7) is 4.04. The normalized spacial score (nSPS) is 14.9. The van der Waals surface area contributed by atoms with Gasteiger partial charge in [0.2, 0.25) is 0 Å². The molecule has 9 heteroatoms. The molecular weight excluding hydrogens is 460 g/mol. The topological polar surface area (TPSA) is 85.5 Å². The highest BCUT2D eigenvalue weighted by atomic mass is 19.3. The van der Waals surface area contributed by atoms with Gasteiger partial charge in [0.05, 0.1) is 24.1 Å². The second-order valence-corrected chi connectivity index (χ2v) is 8.91. The van der Waals surface area contributed by atoms with Crippen LogP contribution in [0.5, 0.6) is 0 Å². The van der Waals surface area contributed by atoms with Crippen molar-refractivity contribution in [2.75, 3.05) is 18.4 Å². The monoisotopic (exact) mass is 483 g/mol. The van der Waals surface area contributed by atoms with Crippen molar-refractivity contribution >= 4 is 28.1 Å². The van der Waals surface area contributed by atoms with Crippen LogP contribution in [0, 0.1) is 0 Å². The van der Waals surface area contributed by atoms with Crippen molar-refractivity contribution in [1.82, 2.24) is 30.0 Å². The third-order valence-corrected chi connectivity index (χ3v) is 6.39. The average Bonchev–Trinajstić information content (AvgIpc) is 3.63. The van der Waals surface area contributed by atoms with Crippen LogP contribution in [0.2, 0.25) is 0 Å². The zero-order chi connectivity index (χ0) is 24.7. The largest absolute Gasteiger partial charge is 0.364 e. The summed E-state index contributed by atoms with van der Waals surface area (Å²) in [6, 6.07) is 17.6. The standard InChI is InChI=1S/C27H23F2N7/c1-17(36-11-9-27(28,29)16-36)23-12-19-2-3-20(13-24(19)34-23)26-30-10-8-25(35-26)33-22-6-4-18(5-7-22)21-14-31-32-15-21/h2-8,10,12-15,34H,1,9,11,16H2,(H,31,32)(H,30,33,35). The summed E-state index contributed by atoms with van der Waals surface area (Å²) in [6.07, 6.45) is 5.20. The maximum Gasteiger partial charge on any atom is 0.266 e. The number of aromatic nitrogens is 5. The number of likely N-dealkylation sites (tertiary alicyclic amines) is 1. The summed E-state index contributed by atoms with van der Waals surface area (Å²) in [5, 5.41) is 11.1. The SMILES string of the molecule is C=C(c1cc2ccc(-c3nccc(Nc4ccc(-c5cn[nH]c5)cc4)n3)cc2[nH]1)N1CCC(F)(F)C1. The van der Waals surface area contributed by atoms with Gasteiger partial charge < -0.3 is 15.2 Å². The van der Waals surface area contributed by atoms with Crippen molar-refractivity contribution in [3.05, 3.63) is 85.5 Å². The first-order chi connectivity index (χ1) is 17.4. The van der Waals surface area contributed by atoms with Gasteiger partial charge >= 0.3 is 0 Å². The van der Waals surface area contributed by atoms with Crippen LogP contribution in [0.3, 0.4) is 0 Å². The first kappa shape index (κ1) is 22.0. The summed E-state index contributed by atoms with van der Waals surface area (Å²) in [7, 11) is 0. The number of rotatable bonds is 6. The highest BCUT2D eigenvalue weighted by Gasteiger charge is 2.39. The predicted molar refractivity (Wildman–Crippen MR) is 137 cm³/mol. The van der Waals surface area contributed by atoms with E-state index in [1.165, 1.54) is 0 Å². The lowest BCUT2D eigenvalue weighted by Gasteiger charge is -2.19. The molecule has 1 fully saturated rings. The zero-order valence-electron chi connectivity index (χ0n) is 19.3. The van der Waals surface area contributed by atoms with Gasteiger partial charge in [-0.15, -0.1) is 0 Å². The number of nitrogens with one attached hydrogen (secondary N) is 3. The molecule has 3 aromatic heterocycles. The van der Waals surface area contributed by atoms with Crippen molar-refractivity contribution in [1.29, 1.82) is 0 Å². The molecule has 1 saturated heterocycles. The van der Waals surface area contributed by atoms with Crippen LogP contribution in [0.15, 0.2) is 79.8 Å². The molecule has 7 nitrogen and oxygen atoms in total. The number of alkyl halides is 2. The van der Waals surface area contributed by atoms with Crippen LogP contribution in [-0.4, -0.2) is 49.1 Å². The lowest BCUT2D eigenvalue weighted by Crippen LogP contribution is -2.23. The van der Waals surface area contributed by atoms with Crippen molar-refractivity contribution in [2.24, 2.45) is 0 Å². The van der Waals surface area contributed by atoms with E-state index in [1.807, 2.05) is 60.8 Å². The molecular formula is C27H23F2N7. The van der Waals surface area contributed by atoms with Gasteiger partial charge in [0.1, 0.15) is 5.82 Å². The van der Waals surface area contributed by atoms with Crippen LogP contribution in [0.4, 0.5) is 20.3 Å². The average molecular weight is 484 g/mol. The molecule has 36 heavy (non-hydrogen) atoms. The molecule has 0 radical (unpaired) electrons. The summed E-state index contributed by atoms with van der Waals surface area (Å²) in [4.78, 5) is 14.1. The van der Waals surface area contributed by atoms with Crippen molar-refractivity contribution < 1.29 is 8.78 Å². The number of fused-ring (bicyclic) bond motifs is 1. The fourth-order valence-corrected chi connectivity index (χ4v) is 4.43. The Bertz CT molecular complexity index is 1540. The summed E-state index contributed by atoms with van der Waals surface area (Å²) < 4.78 is 27.3. The molecule has 0 spiro atoms. The first-order valence-electron chi connectivity index (χ1n) is 11.6. The van der Waals surface area contributed by atoms with Crippen molar-refractivity contribution in [2.45, 2.75) is 12.3 Å². The molecule has 0 bridgehead atoms. The number of hydrogen-bond donors (Lipinski definition) is 3. The number of hydrogen-bond acceptors (Lipinski definition) is 5. The third kappa shape index (κ3) is 4.31. The van der Waals surface area contributed by atoms with Gasteiger partial charge in [-0.2, -0.15) is 5.10 Å². The fraction of sp³-hybridized carbons (Fsp3) is 0.148. The molecule has 180 valence electrons. The lowest BCUT2D eigenvalue weighted by atomic mass is 10.1. The first-order valence-corrected chi connectivity index (χ1v) is 11.6. The van der Waals surface area contributed by atoms with E-state index in [2.05, 4.69) is 37.0 Å². The minimum Gasteiger partial charge on any atom is -0.364 e. The molecule has 0 unspecified atom stereocenters. The smallest absolute Gasteiger partial charge is 0.266 e. The van der Waals surface area contributed by atoms with Gasteiger partial charge in [-0.25, -0.2) is 18.7 Å². The Labute approximate surface area is 205 Å². The Morgan fingerprint density at radius 2 is 1.86 bits per heavy atom. The van der Waals surface area contributed by atoms with Crippen molar-refractivity contribution in [3.63, 3.8) is 0 Å². The van der Waals surface area contributed by atoms with Gasteiger partial charge in [0.15, 0.2) is 5.82 Å². The molecule has 5 aromatic rings. The van der Waals surface area contributed by atoms with Gasteiger partial charge in [0, 0.05) is 53.1 Å². The van der Waals surface area contributed by atoms with Crippen molar-refractivity contribution in [3.8, 4) is 22.5 Å². The molecule has 2 aromatic carbocycles. The molecule has 4 heterocycles. The van der Waals surface area contributed by atoms with E-state index in [0.29, 0.717) is 23.9 Å². The van der Waals surface area contributed by atoms with Gasteiger partial charge in [-0.1, -0.05) is 30.8 Å². The van der Waals surface area contributed by atoms with E-state index < -0.39 is 5.92 Å². The van der Waals surface area contributed by atoms with Crippen LogP contribution in [0.1, 0.15) is 12.1 Å². The molecule has 1 aliphatic rings. The van der Waals surface area contributed by atoms with Crippen LogP contribution < -0.4 is 5.32 Å². The molecule has 0 atom stereocenters. The third-order valence-electron chi connectivity index (χ3n) is 6.39. The van der Waals surface area contributed by atoms with Crippen LogP contribution >= 0.6 is 0 Å². The predicted octanol–water partition coefficient (Wildman–Crippen LogP) is 6.07. The van der Waals surface area contributed by atoms with E-state index in [9.17, 15) is 8.78 Å². The number of nitrogens with zero attached hydrogens (tertiary/aromatic N) is 4. The Morgan fingerprint density at radius 3 is 2.61 bits per heavy atom. The highest BCUT2D eigenvalue weighted by molar-refractivity contribution is 5.87. The maximum absolute atomic E-state index is 13.6. The van der Waals surface area contributed by atoms with E-state index in [0.717, 1.165) is 39.0 Å². The number of aromatic amines is 2. The second kappa shape index (κ2) is 8.60. The fourth-order valence-electron chi connectivity index (χ4n) is 4.43. The van der Waals surface area contributed by atoms with Crippen LogP contribution in [-0.2, 0) is 0 Å². The Morgan fingerprint density at radius 1 is 1.03 bits per heavy atom. The molecule has 0 saturated carbocycles. The second-order valence-electron chi connectivity index (χ2n) is 8.91. The molecule has 1 aliphatic heterocycles. The number of halogens is 2. The minimum absolute atomic E-state index is 0.146. The van der Waals surface area contributed by atoms with Gasteiger partial charge in [0.25, 0.3) is 5.92 Å². The number of anilines is 2. The lowest BCUT2D eigenvalue weighted by molar-refractivity contribution is 0.0169. The quantitative estimate of drug-likeness (QED) is 0.273. The van der Waals surface area contributed by atoms with Gasteiger partial charge in [-0.3, -0.25) is 5.10 Å². The Balaban J connectivity index is 1.21. The maximum atomic E-state index is 13.6. The van der Waals surface area contributed by atoms with Crippen LogP contribution in [0.25, 0.3) is 39.1 Å². The number of H-pyrrole nitrogens is 2. The molecule has 0 aliphatic carbocycles. The summed E-state index contributed by atoms with van der Waals surface area (Å²) in [5.41, 5.74) is 6.01. The molecule has 6 rings (SSSR count). The minimum atomic E-state index is -2.67. The van der Waals surface area contributed by atoms with E-state index in [4.69, 9.17) is 0 Å². The molecule has 3 N–H and O–H groups in total. The Kier molecular flexibility index (Phi) is 5.25. The number of benzene rings is 2. The Hall–Kier alpha value is -4.53. The summed E-state index contributed by atoms with van der Waals surface area (Å²) in [5.74, 6) is -1.42. The van der Waals surface area contributed by atoms with Gasteiger partial charge in [-0.05, 0) is 35.9 Å². The van der Waals surface area contributed by atoms with E-state index >= 15 is 0 Å².